The Morgan fingerprint density at radius 1 is 0.882 bits per heavy atom. The number of alkyl halides is 3. The fourth-order valence-corrected chi connectivity index (χ4v) is 4.76. The maximum absolute atomic E-state index is 13.5. The number of pyridine rings is 1. The quantitative estimate of drug-likeness (QED) is 0.300. The largest absolute Gasteiger partial charge is 0.457 e. The van der Waals surface area contributed by atoms with Gasteiger partial charge in [-0.1, -0.05) is 18.2 Å². The number of hydrogen-bond acceptors (Lipinski definition) is 4. The van der Waals surface area contributed by atoms with Gasteiger partial charge in [0.25, 0.3) is 0 Å². The first-order valence-corrected chi connectivity index (χ1v) is 12.1. The van der Waals surface area contributed by atoms with E-state index in [1.165, 1.54) is 24.4 Å². The van der Waals surface area contributed by atoms with Crippen LogP contribution in [-0.4, -0.2) is 18.7 Å². The Morgan fingerprint density at radius 3 is 2.21 bits per heavy atom. The van der Waals surface area contributed by atoms with Gasteiger partial charge in [0, 0.05) is 11.6 Å². The van der Waals surface area contributed by atoms with Crippen LogP contribution in [0.2, 0.25) is 0 Å². The normalized spacial score (nSPS) is 12.3. The fraction of sp³-hybridized carbons (Fsp3) is 0.192. The van der Waals surface area contributed by atoms with Gasteiger partial charge in [-0.2, -0.15) is 13.2 Å². The van der Waals surface area contributed by atoms with Gasteiger partial charge >= 0.3 is 6.18 Å². The van der Waals surface area contributed by atoms with Gasteiger partial charge in [0.05, 0.1) is 21.2 Å². The monoisotopic (exact) mass is 485 g/mol. The molecule has 4 aromatic rings. The Hall–Kier alpha value is -3.39. The standard InChI is InChI=1S/C26H22F3NO3S/c1-16(2)34(31,32)20-11-9-18(10-12-20)33-19-8-7-17(3)23(15-19)21-13-14-30-25-22(21)5-4-6-24(25)26(27,28)29/h4-16H,1-3H3. The van der Waals surface area contributed by atoms with Crippen molar-refractivity contribution in [1.82, 2.24) is 4.98 Å². The van der Waals surface area contributed by atoms with Crippen LogP contribution < -0.4 is 4.74 Å². The number of nitrogens with zero attached hydrogens (tertiary/aromatic N) is 1. The molecule has 3 aromatic carbocycles. The van der Waals surface area contributed by atoms with E-state index >= 15 is 0 Å². The summed E-state index contributed by atoms with van der Waals surface area (Å²) < 4.78 is 71.0. The zero-order valence-corrected chi connectivity index (χ0v) is 19.5. The molecule has 0 unspecified atom stereocenters. The Balaban J connectivity index is 1.72. The summed E-state index contributed by atoms with van der Waals surface area (Å²) in [5, 5.41) is -0.146. The SMILES string of the molecule is Cc1ccc(Oc2ccc(S(=O)(=O)C(C)C)cc2)cc1-c1ccnc2c(C(F)(F)F)cccc12. The van der Waals surface area contributed by atoms with Gasteiger partial charge in [-0.05, 0) is 86.0 Å². The molecule has 0 spiro atoms. The second kappa shape index (κ2) is 8.76. The number of sulfone groups is 1. The van der Waals surface area contributed by atoms with Gasteiger partial charge < -0.3 is 4.74 Å². The van der Waals surface area contributed by atoms with Crippen molar-refractivity contribution in [2.45, 2.75) is 37.1 Å². The summed E-state index contributed by atoms with van der Waals surface area (Å²) in [6, 6.07) is 17.2. The van der Waals surface area contributed by atoms with Crippen molar-refractivity contribution in [2.75, 3.05) is 0 Å². The molecule has 0 aliphatic carbocycles. The van der Waals surface area contributed by atoms with Crippen LogP contribution in [0.5, 0.6) is 11.5 Å². The van der Waals surface area contributed by atoms with Crippen molar-refractivity contribution in [2.24, 2.45) is 0 Å². The number of aryl methyl sites for hydroxylation is 1. The van der Waals surface area contributed by atoms with Crippen molar-refractivity contribution >= 4 is 20.7 Å². The Bertz CT molecular complexity index is 1460. The minimum absolute atomic E-state index is 0.111. The molecule has 4 nitrogen and oxygen atoms in total. The summed E-state index contributed by atoms with van der Waals surface area (Å²) >= 11 is 0. The molecule has 0 amide bonds. The Morgan fingerprint density at radius 2 is 1.56 bits per heavy atom. The number of halogens is 3. The van der Waals surface area contributed by atoms with Gasteiger partial charge in [-0.3, -0.25) is 4.98 Å². The lowest BCUT2D eigenvalue weighted by Crippen LogP contribution is -2.13. The molecule has 0 saturated heterocycles. The Labute approximate surface area is 196 Å². The van der Waals surface area contributed by atoms with Gasteiger partial charge in [-0.15, -0.1) is 0 Å². The second-order valence-electron chi connectivity index (χ2n) is 8.20. The number of hydrogen-bond donors (Lipinski definition) is 0. The predicted molar refractivity (Wildman–Crippen MR) is 126 cm³/mol. The van der Waals surface area contributed by atoms with Crippen LogP contribution in [0.3, 0.4) is 0 Å². The highest BCUT2D eigenvalue weighted by Gasteiger charge is 2.33. The van der Waals surface area contributed by atoms with Gasteiger partial charge in [0.2, 0.25) is 0 Å². The molecular weight excluding hydrogens is 463 g/mol. The maximum Gasteiger partial charge on any atom is 0.418 e. The van der Waals surface area contributed by atoms with Crippen LogP contribution in [-0.2, 0) is 16.0 Å². The average molecular weight is 486 g/mol. The van der Waals surface area contributed by atoms with Crippen molar-refractivity contribution in [1.29, 1.82) is 0 Å². The third-order valence-corrected chi connectivity index (χ3v) is 7.75. The van der Waals surface area contributed by atoms with E-state index in [0.717, 1.165) is 11.6 Å². The molecule has 4 rings (SSSR count). The van der Waals surface area contributed by atoms with Gasteiger partial charge in [-0.25, -0.2) is 8.42 Å². The molecule has 0 N–H and O–H groups in total. The summed E-state index contributed by atoms with van der Waals surface area (Å²) in [4.78, 5) is 4.20. The first kappa shape index (κ1) is 23.8. The zero-order valence-electron chi connectivity index (χ0n) is 18.7. The molecule has 0 atom stereocenters. The van der Waals surface area contributed by atoms with Crippen molar-refractivity contribution in [3.63, 3.8) is 0 Å². The van der Waals surface area contributed by atoms with Crippen LogP contribution in [0.1, 0.15) is 25.0 Å². The van der Waals surface area contributed by atoms with E-state index < -0.39 is 26.8 Å². The minimum atomic E-state index is -4.51. The Kier molecular flexibility index (Phi) is 6.12. The van der Waals surface area contributed by atoms with Crippen molar-refractivity contribution in [3.05, 3.63) is 84.1 Å². The lowest BCUT2D eigenvalue weighted by Gasteiger charge is -2.15. The highest BCUT2D eigenvalue weighted by molar-refractivity contribution is 7.92. The third-order valence-electron chi connectivity index (χ3n) is 5.58. The topological polar surface area (TPSA) is 56.3 Å². The molecule has 0 aliphatic heterocycles. The summed E-state index contributed by atoms with van der Waals surface area (Å²) in [5.74, 6) is 0.911. The lowest BCUT2D eigenvalue weighted by atomic mass is 9.96. The van der Waals surface area contributed by atoms with Crippen LogP contribution in [0, 0.1) is 6.92 Å². The lowest BCUT2D eigenvalue weighted by molar-refractivity contribution is -0.136. The average Bonchev–Trinajstić information content (AvgIpc) is 2.79. The molecular formula is C26H22F3NO3S. The first-order chi connectivity index (χ1) is 16.0. The summed E-state index contributed by atoms with van der Waals surface area (Å²) in [5.41, 5.74) is 1.28. The van der Waals surface area contributed by atoms with E-state index in [1.54, 1.807) is 50.2 Å². The summed E-state index contributed by atoms with van der Waals surface area (Å²) in [6.45, 7) is 5.10. The number of aromatic nitrogens is 1. The number of rotatable bonds is 5. The van der Waals surface area contributed by atoms with E-state index in [9.17, 15) is 21.6 Å². The molecule has 0 aliphatic rings. The highest BCUT2D eigenvalue weighted by Crippen LogP contribution is 2.39. The smallest absolute Gasteiger partial charge is 0.418 e. The number of para-hydroxylation sites is 1. The van der Waals surface area contributed by atoms with E-state index in [4.69, 9.17) is 4.74 Å². The van der Waals surface area contributed by atoms with Gasteiger partial charge in [0.15, 0.2) is 9.84 Å². The first-order valence-electron chi connectivity index (χ1n) is 10.6. The molecule has 34 heavy (non-hydrogen) atoms. The molecule has 0 bridgehead atoms. The van der Waals surface area contributed by atoms with Crippen LogP contribution in [0.15, 0.2) is 77.8 Å². The predicted octanol–water partition coefficient (Wildman–Crippen LogP) is 7.20. The maximum atomic E-state index is 13.5. The van der Waals surface area contributed by atoms with Crippen LogP contribution >= 0.6 is 0 Å². The molecule has 0 saturated carbocycles. The zero-order chi connectivity index (χ0) is 24.7. The van der Waals surface area contributed by atoms with Crippen molar-refractivity contribution < 1.29 is 26.3 Å². The second-order valence-corrected chi connectivity index (χ2v) is 10.7. The molecule has 1 heterocycles. The molecule has 176 valence electrons. The minimum Gasteiger partial charge on any atom is -0.457 e. The highest BCUT2D eigenvalue weighted by atomic mass is 32.2. The summed E-state index contributed by atoms with van der Waals surface area (Å²) in [6.07, 6.45) is -3.14. The van der Waals surface area contributed by atoms with E-state index in [-0.39, 0.29) is 10.4 Å². The van der Waals surface area contributed by atoms with Gasteiger partial charge in [0.1, 0.15) is 11.5 Å². The van der Waals surface area contributed by atoms with Crippen LogP contribution in [0.4, 0.5) is 13.2 Å². The third kappa shape index (κ3) is 4.50. The number of ether oxygens (including phenoxy) is 1. The molecule has 0 radical (unpaired) electrons. The van der Waals surface area contributed by atoms with E-state index in [2.05, 4.69) is 4.98 Å². The summed E-state index contributed by atoms with van der Waals surface area (Å²) in [7, 11) is -3.39. The molecule has 1 aromatic heterocycles. The van der Waals surface area contributed by atoms with Crippen molar-refractivity contribution in [3.8, 4) is 22.6 Å². The number of benzene rings is 3. The van der Waals surface area contributed by atoms with E-state index in [0.29, 0.717) is 28.0 Å². The number of fused-ring (bicyclic) bond motifs is 1. The fourth-order valence-electron chi connectivity index (χ4n) is 3.70. The molecule has 8 heteroatoms. The van der Waals surface area contributed by atoms with E-state index in [1.807, 2.05) is 13.0 Å². The molecule has 0 fully saturated rings. The van der Waals surface area contributed by atoms with Crippen LogP contribution in [0.25, 0.3) is 22.0 Å².